The van der Waals surface area contributed by atoms with E-state index in [0.29, 0.717) is 18.3 Å². The van der Waals surface area contributed by atoms with Gasteiger partial charge in [0.1, 0.15) is 5.78 Å². The molecule has 3 rings (SSSR count). The Labute approximate surface area is 120 Å². The average molecular weight is 273 g/mol. The molecule has 1 N–H and O–H groups in total. The van der Waals surface area contributed by atoms with E-state index in [4.69, 9.17) is 4.74 Å². The normalized spacial score (nSPS) is 25.0. The van der Waals surface area contributed by atoms with Crippen LogP contribution in [0, 0.1) is 0 Å². The largest absolute Gasteiger partial charge is 0.385 e. The van der Waals surface area contributed by atoms with Gasteiger partial charge in [-0.05, 0) is 43.7 Å². The number of carbonyl (C=O) groups is 1. The lowest BCUT2D eigenvalue weighted by molar-refractivity contribution is -0.120. The van der Waals surface area contributed by atoms with E-state index in [0.717, 1.165) is 38.1 Å². The first-order valence-electron chi connectivity index (χ1n) is 7.82. The van der Waals surface area contributed by atoms with Gasteiger partial charge in [0.25, 0.3) is 0 Å². The Morgan fingerprint density at radius 1 is 1.30 bits per heavy atom. The van der Waals surface area contributed by atoms with Crippen molar-refractivity contribution in [3.05, 3.63) is 29.8 Å². The van der Waals surface area contributed by atoms with Crippen LogP contribution in [0.3, 0.4) is 0 Å². The first-order chi connectivity index (χ1) is 9.84. The zero-order valence-electron chi connectivity index (χ0n) is 11.9. The summed E-state index contributed by atoms with van der Waals surface area (Å²) in [6.45, 7) is 1.80. The third kappa shape index (κ3) is 3.04. The van der Waals surface area contributed by atoms with E-state index >= 15 is 0 Å². The van der Waals surface area contributed by atoms with Gasteiger partial charge in [-0.15, -0.1) is 0 Å². The Morgan fingerprint density at radius 2 is 2.20 bits per heavy atom. The molecular formula is C17H23NO2. The molecule has 1 aromatic carbocycles. The van der Waals surface area contributed by atoms with Crippen molar-refractivity contribution >= 4 is 11.5 Å². The first kappa shape index (κ1) is 13.6. The van der Waals surface area contributed by atoms with Gasteiger partial charge in [-0.1, -0.05) is 18.2 Å². The summed E-state index contributed by atoms with van der Waals surface area (Å²) >= 11 is 0. The minimum Gasteiger partial charge on any atom is -0.385 e. The summed E-state index contributed by atoms with van der Waals surface area (Å²) in [7, 11) is 0. The molecular weight excluding hydrogens is 250 g/mol. The molecule has 20 heavy (non-hydrogen) atoms. The van der Waals surface area contributed by atoms with Crippen LogP contribution >= 0.6 is 0 Å². The molecule has 3 nitrogen and oxygen atoms in total. The number of ketones is 1. The monoisotopic (exact) mass is 273 g/mol. The first-order valence-corrected chi connectivity index (χ1v) is 7.82. The van der Waals surface area contributed by atoms with Crippen molar-refractivity contribution in [3.8, 4) is 0 Å². The zero-order valence-corrected chi connectivity index (χ0v) is 11.9. The zero-order chi connectivity index (χ0) is 13.8. The number of rotatable bonds is 5. The topological polar surface area (TPSA) is 38.3 Å². The Morgan fingerprint density at radius 3 is 3.05 bits per heavy atom. The van der Waals surface area contributed by atoms with Gasteiger partial charge >= 0.3 is 0 Å². The van der Waals surface area contributed by atoms with E-state index in [2.05, 4.69) is 17.4 Å². The highest BCUT2D eigenvalue weighted by Crippen LogP contribution is 2.33. The van der Waals surface area contributed by atoms with Crippen molar-refractivity contribution in [2.24, 2.45) is 0 Å². The maximum atomic E-state index is 12.5. The molecule has 2 atom stereocenters. The van der Waals surface area contributed by atoms with Crippen LogP contribution in [-0.4, -0.2) is 25.0 Å². The van der Waals surface area contributed by atoms with Crippen molar-refractivity contribution < 1.29 is 9.53 Å². The van der Waals surface area contributed by atoms with Crippen LogP contribution < -0.4 is 5.32 Å². The second-order valence-electron chi connectivity index (χ2n) is 5.85. The Hall–Kier alpha value is -1.35. The van der Waals surface area contributed by atoms with Gasteiger partial charge in [-0.3, -0.25) is 4.79 Å². The molecule has 2 aliphatic rings. The van der Waals surface area contributed by atoms with Crippen molar-refractivity contribution in [1.29, 1.82) is 0 Å². The number of hydrogen-bond acceptors (Lipinski definition) is 3. The molecule has 0 aromatic heterocycles. The molecule has 2 aliphatic heterocycles. The van der Waals surface area contributed by atoms with Gasteiger partial charge in [0, 0.05) is 31.2 Å². The summed E-state index contributed by atoms with van der Waals surface area (Å²) in [6, 6.07) is 8.21. The van der Waals surface area contributed by atoms with E-state index in [1.165, 1.54) is 18.4 Å². The number of Topliss-reactive ketones (excluding diaryl/α,β-unsaturated/α-hetero) is 1. The van der Waals surface area contributed by atoms with E-state index < -0.39 is 0 Å². The summed E-state index contributed by atoms with van der Waals surface area (Å²) < 4.78 is 5.62. The lowest BCUT2D eigenvalue weighted by atomic mass is 9.85. The van der Waals surface area contributed by atoms with Crippen LogP contribution in [0.5, 0.6) is 0 Å². The molecule has 0 aliphatic carbocycles. The van der Waals surface area contributed by atoms with Crippen molar-refractivity contribution in [3.63, 3.8) is 0 Å². The maximum absolute atomic E-state index is 12.5. The van der Waals surface area contributed by atoms with Crippen molar-refractivity contribution in [2.75, 3.05) is 18.5 Å². The van der Waals surface area contributed by atoms with Crippen LogP contribution in [0.15, 0.2) is 24.3 Å². The van der Waals surface area contributed by atoms with Gasteiger partial charge in [0.15, 0.2) is 0 Å². The third-order valence-electron chi connectivity index (χ3n) is 4.45. The van der Waals surface area contributed by atoms with E-state index in [1.807, 2.05) is 12.1 Å². The van der Waals surface area contributed by atoms with E-state index in [-0.39, 0.29) is 5.92 Å². The minimum absolute atomic E-state index is 0.0944. The number of benzene rings is 1. The van der Waals surface area contributed by atoms with Crippen LogP contribution in [0.25, 0.3) is 0 Å². The number of anilines is 1. The predicted octanol–water partition coefficient (Wildman–Crippen LogP) is 3.50. The molecule has 2 unspecified atom stereocenters. The number of nitrogens with one attached hydrogen (secondary N) is 1. The molecule has 0 bridgehead atoms. The minimum atomic E-state index is 0.0944. The van der Waals surface area contributed by atoms with Gasteiger partial charge in [-0.25, -0.2) is 0 Å². The lowest BCUT2D eigenvalue weighted by Gasteiger charge is -2.25. The van der Waals surface area contributed by atoms with E-state index in [9.17, 15) is 4.79 Å². The fourth-order valence-corrected chi connectivity index (χ4v) is 3.35. The molecule has 0 amide bonds. The smallest absolute Gasteiger partial charge is 0.140 e. The molecule has 1 fully saturated rings. The molecule has 0 spiro atoms. The summed E-state index contributed by atoms with van der Waals surface area (Å²) in [6.07, 6.45) is 6.39. The molecule has 0 saturated carbocycles. The van der Waals surface area contributed by atoms with Gasteiger partial charge in [0.05, 0.1) is 6.10 Å². The van der Waals surface area contributed by atoms with Gasteiger partial charge in [-0.2, -0.15) is 0 Å². The second-order valence-corrected chi connectivity index (χ2v) is 5.85. The van der Waals surface area contributed by atoms with Crippen molar-refractivity contribution in [2.45, 2.75) is 50.5 Å². The summed E-state index contributed by atoms with van der Waals surface area (Å²) in [5.74, 6) is 0.494. The highest BCUT2D eigenvalue weighted by Gasteiger charge is 2.25. The van der Waals surface area contributed by atoms with E-state index in [1.54, 1.807) is 0 Å². The number of ether oxygens (including phenoxy) is 1. The van der Waals surface area contributed by atoms with Crippen LogP contribution in [-0.2, 0) is 9.53 Å². The summed E-state index contributed by atoms with van der Waals surface area (Å²) in [5, 5.41) is 3.38. The molecule has 3 heteroatoms. The quantitative estimate of drug-likeness (QED) is 0.892. The standard InChI is InChI=1S/C17H23NO2/c19-17(9-3-5-13-6-4-12-20-13)15-10-11-18-16-8-2-1-7-14(15)16/h1-2,7-8,13,15,18H,3-6,9-12H2. The highest BCUT2D eigenvalue weighted by molar-refractivity contribution is 5.88. The number of para-hydroxylation sites is 1. The maximum Gasteiger partial charge on any atom is 0.140 e. The predicted molar refractivity (Wildman–Crippen MR) is 80.1 cm³/mol. The Balaban J connectivity index is 1.55. The number of fused-ring (bicyclic) bond motifs is 1. The molecule has 1 aromatic rings. The molecule has 2 heterocycles. The van der Waals surface area contributed by atoms with Crippen LogP contribution in [0.2, 0.25) is 0 Å². The van der Waals surface area contributed by atoms with Gasteiger partial charge < -0.3 is 10.1 Å². The Bertz CT molecular complexity index is 466. The van der Waals surface area contributed by atoms with Crippen molar-refractivity contribution in [1.82, 2.24) is 0 Å². The van der Waals surface area contributed by atoms with Gasteiger partial charge in [0.2, 0.25) is 0 Å². The lowest BCUT2D eigenvalue weighted by Crippen LogP contribution is -2.23. The molecule has 1 saturated heterocycles. The fourth-order valence-electron chi connectivity index (χ4n) is 3.35. The van der Waals surface area contributed by atoms with Crippen LogP contribution in [0.4, 0.5) is 5.69 Å². The third-order valence-corrected chi connectivity index (χ3v) is 4.45. The molecule has 108 valence electrons. The number of hydrogen-bond donors (Lipinski definition) is 1. The summed E-state index contributed by atoms with van der Waals surface area (Å²) in [4.78, 5) is 12.5. The highest BCUT2D eigenvalue weighted by atomic mass is 16.5. The SMILES string of the molecule is O=C(CCCC1CCCO1)C1CCNc2ccccc21. The number of carbonyl (C=O) groups excluding carboxylic acids is 1. The molecule has 0 radical (unpaired) electrons. The second kappa shape index (κ2) is 6.40. The van der Waals surface area contributed by atoms with Crippen LogP contribution in [0.1, 0.15) is 50.0 Å². The summed E-state index contributed by atoms with van der Waals surface area (Å²) in [5.41, 5.74) is 2.32. The Kier molecular flexibility index (Phi) is 4.36. The fraction of sp³-hybridized carbons (Fsp3) is 0.588. The average Bonchev–Trinajstić information content (AvgIpc) is 3.00.